The molecule has 2 aliphatic rings. The molecule has 3 rings (SSSR count). The molecule has 2 N–H and O–H groups in total. The summed E-state index contributed by atoms with van der Waals surface area (Å²) in [4.78, 5) is 39.9. The molecule has 0 aliphatic carbocycles. The van der Waals surface area contributed by atoms with Gasteiger partial charge in [-0.25, -0.2) is 0 Å². The largest absolute Gasteiger partial charge is 0.343 e. The van der Waals surface area contributed by atoms with Crippen LogP contribution >= 0.6 is 15.9 Å². The van der Waals surface area contributed by atoms with Gasteiger partial charge in [-0.15, -0.1) is 0 Å². The number of benzene rings is 1. The Morgan fingerprint density at radius 2 is 1.83 bits per heavy atom. The van der Waals surface area contributed by atoms with Gasteiger partial charge in [0.2, 0.25) is 5.91 Å². The van der Waals surface area contributed by atoms with Gasteiger partial charge in [-0.3, -0.25) is 19.3 Å². The van der Waals surface area contributed by atoms with Crippen molar-refractivity contribution in [2.75, 3.05) is 19.6 Å². The zero-order valence-corrected chi connectivity index (χ0v) is 14.9. The molecule has 0 saturated carbocycles. The summed E-state index contributed by atoms with van der Waals surface area (Å²) in [6.07, 6.45) is 2.48. The summed E-state index contributed by atoms with van der Waals surface area (Å²) in [5, 5.41) is 0. The maximum Gasteiger partial charge on any atom is 0.261 e. The average Bonchev–Trinajstić information content (AvgIpc) is 2.79. The van der Waals surface area contributed by atoms with Crippen LogP contribution in [0.1, 0.15) is 46.4 Å². The highest BCUT2D eigenvalue weighted by Gasteiger charge is 2.35. The highest BCUT2D eigenvalue weighted by atomic mass is 79.9. The number of rotatable bonds is 4. The van der Waals surface area contributed by atoms with Gasteiger partial charge in [-0.05, 0) is 37.5 Å². The second-order valence-corrected chi connectivity index (χ2v) is 7.19. The summed E-state index contributed by atoms with van der Waals surface area (Å²) in [5.74, 6) is -0.493. The highest BCUT2D eigenvalue weighted by molar-refractivity contribution is 9.10. The normalized spacial score (nSPS) is 18.2. The molecule has 0 bridgehead atoms. The molecule has 2 aliphatic heterocycles. The van der Waals surface area contributed by atoms with Crippen molar-refractivity contribution in [3.05, 3.63) is 33.8 Å². The van der Waals surface area contributed by atoms with Gasteiger partial charge in [0.15, 0.2) is 0 Å². The van der Waals surface area contributed by atoms with Gasteiger partial charge in [0.05, 0.1) is 11.1 Å². The Bertz CT molecular complexity index is 684. The van der Waals surface area contributed by atoms with Crippen LogP contribution in [0.2, 0.25) is 0 Å². The van der Waals surface area contributed by atoms with E-state index in [4.69, 9.17) is 5.73 Å². The zero-order chi connectivity index (χ0) is 17.3. The number of hydrogen-bond donors (Lipinski definition) is 1. The van der Waals surface area contributed by atoms with Crippen LogP contribution in [0.25, 0.3) is 0 Å². The van der Waals surface area contributed by atoms with Crippen LogP contribution in [0.4, 0.5) is 0 Å². The van der Waals surface area contributed by atoms with Crippen molar-refractivity contribution in [2.24, 2.45) is 5.73 Å². The molecule has 1 aromatic carbocycles. The Kier molecular flexibility index (Phi) is 5.01. The van der Waals surface area contributed by atoms with Crippen LogP contribution < -0.4 is 5.73 Å². The predicted octanol–water partition coefficient (Wildman–Crippen LogP) is 1.78. The van der Waals surface area contributed by atoms with Gasteiger partial charge in [-0.1, -0.05) is 15.9 Å². The molecule has 1 saturated heterocycles. The SMILES string of the molecule is NC1CCN(C(=O)CCCN2C(=O)c3ccc(Br)cc3C2=O)CC1. The van der Waals surface area contributed by atoms with Gasteiger partial charge in [-0.2, -0.15) is 0 Å². The Hall–Kier alpha value is -1.73. The lowest BCUT2D eigenvalue weighted by atomic mass is 10.1. The van der Waals surface area contributed by atoms with Gasteiger partial charge >= 0.3 is 0 Å². The van der Waals surface area contributed by atoms with Crippen LogP contribution in [-0.4, -0.2) is 53.2 Å². The number of imide groups is 1. The number of carbonyl (C=O) groups is 3. The molecule has 0 spiro atoms. The molecule has 0 unspecified atom stereocenters. The van der Waals surface area contributed by atoms with Crippen LogP contribution in [0.15, 0.2) is 22.7 Å². The lowest BCUT2D eigenvalue weighted by Gasteiger charge is -2.30. The molecule has 2 heterocycles. The first-order chi connectivity index (χ1) is 11.5. The molecular weight excluding hydrogens is 374 g/mol. The summed E-state index contributed by atoms with van der Waals surface area (Å²) >= 11 is 3.31. The third-order valence-corrected chi connectivity index (χ3v) is 5.09. The van der Waals surface area contributed by atoms with E-state index in [1.807, 2.05) is 4.90 Å². The third-order valence-electron chi connectivity index (χ3n) is 4.60. The van der Waals surface area contributed by atoms with Crippen molar-refractivity contribution >= 4 is 33.7 Å². The van der Waals surface area contributed by atoms with E-state index in [0.29, 0.717) is 37.1 Å². The topological polar surface area (TPSA) is 83.7 Å². The number of nitrogens with zero attached hydrogens (tertiary/aromatic N) is 2. The molecule has 128 valence electrons. The number of hydrogen-bond acceptors (Lipinski definition) is 4. The number of carbonyl (C=O) groups excluding carboxylic acids is 3. The van der Waals surface area contributed by atoms with Crippen molar-refractivity contribution in [3.8, 4) is 0 Å². The molecule has 0 atom stereocenters. The van der Waals surface area contributed by atoms with Crippen molar-refractivity contribution in [1.82, 2.24) is 9.80 Å². The van der Waals surface area contributed by atoms with E-state index in [2.05, 4.69) is 15.9 Å². The molecule has 6 nitrogen and oxygen atoms in total. The summed E-state index contributed by atoms with van der Waals surface area (Å²) in [5.41, 5.74) is 6.69. The lowest BCUT2D eigenvalue weighted by molar-refractivity contribution is -0.132. The standard InChI is InChI=1S/C17H20BrN3O3/c18-11-3-4-13-14(10-11)17(24)21(16(13)23)7-1-2-15(22)20-8-5-12(19)6-9-20/h3-4,10,12H,1-2,5-9,19H2. The van der Waals surface area contributed by atoms with Crippen molar-refractivity contribution in [1.29, 1.82) is 0 Å². The fourth-order valence-electron chi connectivity index (χ4n) is 3.16. The minimum atomic E-state index is -0.285. The molecule has 7 heteroatoms. The predicted molar refractivity (Wildman–Crippen MR) is 92.5 cm³/mol. The summed E-state index contributed by atoms with van der Waals surface area (Å²) in [6, 6.07) is 5.25. The second-order valence-electron chi connectivity index (χ2n) is 6.27. The van der Waals surface area contributed by atoms with Crippen LogP contribution in [0, 0.1) is 0 Å². The molecule has 3 amide bonds. The quantitative estimate of drug-likeness (QED) is 0.790. The number of likely N-dealkylation sites (tertiary alicyclic amines) is 1. The van der Waals surface area contributed by atoms with Crippen LogP contribution in [0.5, 0.6) is 0 Å². The van der Waals surface area contributed by atoms with E-state index in [1.165, 1.54) is 4.90 Å². The third kappa shape index (κ3) is 3.37. The highest BCUT2D eigenvalue weighted by Crippen LogP contribution is 2.26. The summed E-state index contributed by atoms with van der Waals surface area (Å²) in [7, 11) is 0. The first-order valence-corrected chi connectivity index (χ1v) is 8.96. The average molecular weight is 394 g/mol. The minimum absolute atomic E-state index is 0.0706. The molecule has 0 aromatic heterocycles. The first kappa shape index (κ1) is 17.1. The Morgan fingerprint density at radius 3 is 2.54 bits per heavy atom. The smallest absolute Gasteiger partial charge is 0.261 e. The fraction of sp³-hybridized carbons (Fsp3) is 0.471. The summed E-state index contributed by atoms with van der Waals surface area (Å²) < 4.78 is 0.766. The van der Waals surface area contributed by atoms with Crippen molar-refractivity contribution in [2.45, 2.75) is 31.7 Å². The molecule has 1 aromatic rings. The van der Waals surface area contributed by atoms with E-state index >= 15 is 0 Å². The van der Waals surface area contributed by atoms with Crippen LogP contribution in [0.3, 0.4) is 0 Å². The van der Waals surface area contributed by atoms with Crippen LogP contribution in [-0.2, 0) is 4.79 Å². The molecular formula is C17H20BrN3O3. The van der Waals surface area contributed by atoms with Gasteiger partial charge in [0.25, 0.3) is 11.8 Å². The van der Waals surface area contributed by atoms with E-state index in [0.717, 1.165) is 17.3 Å². The van der Waals surface area contributed by atoms with E-state index < -0.39 is 0 Å². The van der Waals surface area contributed by atoms with Gasteiger partial charge in [0.1, 0.15) is 0 Å². The van der Waals surface area contributed by atoms with E-state index in [9.17, 15) is 14.4 Å². The molecule has 1 fully saturated rings. The number of amides is 3. The maximum absolute atomic E-state index is 12.3. The number of piperidine rings is 1. The minimum Gasteiger partial charge on any atom is -0.343 e. The Balaban J connectivity index is 1.53. The molecule has 24 heavy (non-hydrogen) atoms. The summed E-state index contributed by atoms with van der Waals surface area (Å²) in [6.45, 7) is 1.66. The molecule has 0 radical (unpaired) electrons. The number of fused-ring (bicyclic) bond motifs is 1. The van der Waals surface area contributed by atoms with Gasteiger partial charge in [0, 0.05) is 36.6 Å². The van der Waals surface area contributed by atoms with Gasteiger partial charge < -0.3 is 10.6 Å². The zero-order valence-electron chi connectivity index (χ0n) is 13.3. The Labute approximate surface area is 149 Å². The second kappa shape index (κ2) is 7.03. The Morgan fingerprint density at radius 1 is 1.17 bits per heavy atom. The van der Waals surface area contributed by atoms with E-state index in [1.54, 1.807) is 18.2 Å². The monoisotopic (exact) mass is 393 g/mol. The maximum atomic E-state index is 12.3. The fourth-order valence-corrected chi connectivity index (χ4v) is 3.52. The first-order valence-electron chi connectivity index (χ1n) is 8.16. The van der Waals surface area contributed by atoms with E-state index in [-0.39, 0.29) is 30.3 Å². The van der Waals surface area contributed by atoms with Crippen molar-refractivity contribution < 1.29 is 14.4 Å². The number of nitrogens with two attached hydrogens (primary N) is 1. The van der Waals surface area contributed by atoms with Crippen molar-refractivity contribution in [3.63, 3.8) is 0 Å². The lowest BCUT2D eigenvalue weighted by Crippen LogP contribution is -2.43. The number of halogens is 1.